The van der Waals surface area contributed by atoms with E-state index in [-0.39, 0.29) is 5.91 Å². The predicted octanol–water partition coefficient (Wildman–Crippen LogP) is 2.50. The number of amidine groups is 1. The van der Waals surface area contributed by atoms with E-state index in [1.165, 1.54) is 11.8 Å². The lowest BCUT2D eigenvalue weighted by molar-refractivity contribution is -0.116. The van der Waals surface area contributed by atoms with E-state index in [0.717, 1.165) is 5.22 Å². The molecule has 2 aliphatic rings. The molecular formula is C17H12Cl2N4OS. The van der Waals surface area contributed by atoms with E-state index in [9.17, 15) is 4.79 Å². The second-order valence-electron chi connectivity index (χ2n) is 5.42. The Kier molecular flexibility index (Phi) is 4.19. The van der Waals surface area contributed by atoms with Crippen molar-refractivity contribution in [3.63, 3.8) is 0 Å². The zero-order chi connectivity index (χ0) is 17.6. The lowest BCUT2D eigenvalue weighted by Crippen LogP contribution is -2.50. The molecule has 0 bridgehead atoms. The first-order valence-corrected chi connectivity index (χ1v) is 9.42. The number of rotatable bonds is 1. The van der Waals surface area contributed by atoms with Crippen LogP contribution >= 0.6 is 35.0 Å². The van der Waals surface area contributed by atoms with Gasteiger partial charge in [0, 0.05) is 10.8 Å². The number of fused-ring (bicyclic) bond motifs is 2. The second-order valence-corrected chi connectivity index (χ2v) is 7.00. The third-order valence-corrected chi connectivity index (χ3v) is 5.37. The molecule has 0 radical (unpaired) electrons. The van der Waals surface area contributed by atoms with Gasteiger partial charge >= 0.3 is 0 Å². The molecule has 0 saturated carbocycles. The van der Waals surface area contributed by atoms with Gasteiger partial charge in [-0.1, -0.05) is 65.3 Å². The molecule has 0 saturated heterocycles. The first-order chi connectivity index (χ1) is 12.1. The SMILES string of the molecule is CSC1=NN2C(=c3ccccc3=N[C@H]2c2cccc(Cl)c2Cl)C(=O)N1. The average molecular weight is 391 g/mol. The minimum Gasteiger partial charge on any atom is -0.298 e. The smallest absolute Gasteiger partial charge is 0.276 e. The van der Waals surface area contributed by atoms with Crippen LogP contribution in [-0.2, 0) is 4.79 Å². The maximum absolute atomic E-state index is 12.7. The van der Waals surface area contributed by atoms with Crippen LogP contribution in [0.4, 0.5) is 0 Å². The van der Waals surface area contributed by atoms with Gasteiger partial charge in [-0.15, -0.1) is 5.10 Å². The number of nitrogens with one attached hydrogen (secondary N) is 1. The molecule has 126 valence electrons. The molecule has 0 spiro atoms. The van der Waals surface area contributed by atoms with E-state index in [0.29, 0.717) is 31.8 Å². The van der Waals surface area contributed by atoms with Gasteiger partial charge in [0.15, 0.2) is 11.3 Å². The molecule has 0 aliphatic carbocycles. The van der Waals surface area contributed by atoms with Gasteiger partial charge in [-0.2, -0.15) is 0 Å². The maximum Gasteiger partial charge on any atom is 0.276 e. The highest BCUT2D eigenvalue weighted by molar-refractivity contribution is 8.13. The fourth-order valence-corrected chi connectivity index (χ4v) is 3.61. The summed E-state index contributed by atoms with van der Waals surface area (Å²) < 4.78 is 0. The summed E-state index contributed by atoms with van der Waals surface area (Å²) in [5, 5.41) is 11.8. The van der Waals surface area contributed by atoms with E-state index in [1.54, 1.807) is 11.1 Å². The summed E-state index contributed by atoms with van der Waals surface area (Å²) in [6.45, 7) is 0. The molecule has 2 aromatic rings. The van der Waals surface area contributed by atoms with Crippen LogP contribution in [0.25, 0.3) is 5.70 Å². The first kappa shape index (κ1) is 16.4. The van der Waals surface area contributed by atoms with E-state index in [1.807, 2.05) is 42.7 Å². The lowest BCUT2D eigenvalue weighted by Gasteiger charge is -2.34. The van der Waals surface area contributed by atoms with E-state index >= 15 is 0 Å². The Balaban J connectivity index is 2.02. The molecule has 5 nitrogen and oxygen atoms in total. The van der Waals surface area contributed by atoms with Gasteiger partial charge in [0.1, 0.15) is 5.70 Å². The first-order valence-electron chi connectivity index (χ1n) is 7.44. The number of hydrazone groups is 1. The molecule has 0 fully saturated rings. The third kappa shape index (κ3) is 2.70. The molecule has 25 heavy (non-hydrogen) atoms. The van der Waals surface area contributed by atoms with Gasteiger partial charge in [-0.3, -0.25) is 15.1 Å². The zero-order valence-corrected chi connectivity index (χ0v) is 15.4. The standard InChI is InChI=1S/C17H12Cl2N4OS/c1-25-17-21-16(24)14-9-5-2-3-8-12(9)20-15(23(14)22-17)10-6-4-7-11(18)13(10)19/h2-8,15H,1H3,(H,21,22,24)/t15-/m1/s1. The topological polar surface area (TPSA) is 57.1 Å². The highest BCUT2D eigenvalue weighted by Crippen LogP contribution is 2.36. The lowest BCUT2D eigenvalue weighted by atomic mass is 10.1. The molecule has 2 aliphatic heterocycles. The fourth-order valence-electron chi connectivity index (χ4n) is 2.84. The summed E-state index contributed by atoms with van der Waals surface area (Å²) in [5.41, 5.74) is 1.14. The Morgan fingerprint density at radius 1 is 1.16 bits per heavy atom. The highest BCUT2D eigenvalue weighted by atomic mass is 35.5. The van der Waals surface area contributed by atoms with Crippen LogP contribution in [0.2, 0.25) is 10.0 Å². The molecule has 1 amide bonds. The molecule has 8 heteroatoms. The Hall–Kier alpha value is -2.02. The van der Waals surface area contributed by atoms with Crippen molar-refractivity contribution in [2.75, 3.05) is 6.26 Å². The monoisotopic (exact) mass is 390 g/mol. The summed E-state index contributed by atoms with van der Waals surface area (Å²) >= 11 is 13.9. The maximum atomic E-state index is 12.7. The fraction of sp³-hybridized carbons (Fsp3) is 0.118. The molecule has 0 aromatic heterocycles. The van der Waals surface area contributed by atoms with Crippen molar-refractivity contribution in [1.29, 1.82) is 0 Å². The van der Waals surface area contributed by atoms with E-state index in [2.05, 4.69) is 10.4 Å². The van der Waals surface area contributed by atoms with Gasteiger partial charge in [-0.05, 0) is 18.4 Å². The van der Waals surface area contributed by atoms with E-state index < -0.39 is 6.17 Å². The van der Waals surface area contributed by atoms with Gasteiger partial charge < -0.3 is 0 Å². The van der Waals surface area contributed by atoms with Crippen LogP contribution in [0.15, 0.2) is 52.6 Å². The number of thioether (sulfide) groups is 1. The largest absolute Gasteiger partial charge is 0.298 e. The van der Waals surface area contributed by atoms with Crippen molar-refractivity contribution in [3.8, 4) is 0 Å². The number of para-hydroxylation sites is 1. The summed E-state index contributed by atoms with van der Waals surface area (Å²) in [7, 11) is 0. The van der Waals surface area contributed by atoms with Crippen molar-refractivity contribution in [1.82, 2.24) is 10.3 Å². The minimum atomic E-state index is -0.565. The molecule has 1 N–H and O–H groups in total. The molecule has 4 rings (SSSR count). The molecule has 2 heterocycles. The Labute approximate surface area is 158 Å². The highest BCUT2D eigenvalue weighted by Gasteiger charge is 2.35. The number of hydrogen-bond donors (Lipinski definition) is 1. The number of hydrogen-bond acceptors (Lipinski definition) is 5. The summed E-state index contributed by atoms with van der Waals surface area (Å²) in [4.78, 5) is 17.5. The Bertz CT molecular complexity index is 1040. The number of nitrogens with zero attached hydrogens (tertiary/aromatic N) is 3. The van der Waals surface area contributed by atoms with Gasteiger partial charge in [-0.25, -0.2) is 5.01 Å². The van der Waals surface area contributed by atoms with Crippen molar-refractivity contribution < 1.29 is 4.79 Å². The molecule has 0 unspecified atom stereocenters. The van der Waals surface area contributed by atoms with Crippen LogP contribution in [0.5, 0.6) is 0 Å². The van der Waals surface area contributed by atoms with Crippen molar-refractivity contribution in [2.45, 2.75) is 6.17 Å². The van der Waals surface area contributed by atoms with Crippen molar-refractivity contribution in [2.24, 2.45) is 10.1 Å². The Morgan fingerprint density at radius 3 is 2.76 bits per heavy atom. The van der Waals surface area contributed by atoms with Crippen LogP contribution < -0.4 is 15.9 Å². The summed E-state index contributed by atoms with van der Waals surface area (Å²) in [6, 6.07) is 12.8. The predicted molar refractivity (Wildman–Crippen MR) is 101 cm³/mol. The number of carbonyl (C=O) groups is 1. The normalized spacial score (nSPS) is 18.8. The number of carbonyl (C=O) groups excluding carboxylic acids is 1. The number of halogens is 2. The summed E-state index contributed by atoms with van der Waals surface area (Å²) in [5.74, 6) is -0.218. The van der Waals surface area contributed by atoms with Crippen LogP contribution in [0, 0.1) is 0 Å². The van der Waals surface area contributed by atoms with Crippen molar-refractivity contribution >= 4 is 51.7 Å². The van der Waals surface area contributed by atoms with Crippen LogP contribution in [0.3, 0.4) is 0 Å². The number of amides is 1. The van der Waals surface area contributed by atoms with Crippen molar-refractivity contribution in [3.05, 3.63) is 68.6 Å². The average Bonchev–Trinajstić information content (AvgIpc) is 2.63. The molecule has 2 aromatic carbocycles. The third-order valence-electron chi connectivity index (χ3n) is 3.97. The van der Waals surface area contributed by atoms with Gasteiger partial charge in [0.2, 0.25) is 0 Å². The van der Waals surface area contributed by atoms with Gasteiger partial charge in [0.05, 0.1) is 15.4 Å². The summed E-state index contributed by atoms with van der Waals surface area (Å²) in [6.07, 6.45) is 1.28. The van der Waals surface area contributed by atoms with E-state index in [4.69, 9.17) is 28.2 Å². The van der Waals surface area contributed by atoms with Gasteiger partial charge in [0.25, 0.3) is 5.91 Å². The zero-order valence-electron chi connectivity index (χ0n) is 13.0. The second kappa shape index (κ2) is 6.37. The quantitative estimate of drug-likeness (QED) is 0.813. The Morgan fingerprint density at radius 2 is 1.96 bits per heavy atom. The molecule has 1 atom stereocenters. The van der Waals surface area contributed by atoms with Crippen LogP contribution in [-0.4, -0.2) is 22.3 Å². The van der Waals surface area contributed by atoms with Crippen LogP contribution in [0.1, 0.15) is 11.7 Å². The molecular weight excluding hydrogens is 379 g/mol. The minimum absolute atomic E-state index is 0.218. The number of benzene rings is 2.